The summed E-state index contributed by atoms with van der Waals surface area (Å²) in [6, 6.07) is 6.39. The van der Waals surface area contributed by atoms with E-state index in [9.17, 15) is 13.2 Å². The Balaban J connectivity index is 1.90. The zero-order chi connectivity index (χ0) is 20.9. The zero-order valence-electron chi connectivity index (χ0n) is 17.6. The van der Waals surface area contributed by atoms with Crippen LogP contribution in [-0.4, -0.2) is 70.9 Å². The molecule has 1 amide bonds. The molecule has 0 saturated carbocycles. The average molecular weight is 412 g/mol. The smallest absolute Gasteiger partial charge is 0.243 e. The topological polar surface area (TPSA) is 79.0 Å². The molecule has 1 saturated heterocycles. The van der Waals surface area contributed by atoms with Gasteiger partial charge in [-0.05, 0) is 56.6 Å². The Kier molecular flexibility index (Phi) is 7.47. The third-order valence-corrected chi connectivity index (χ3v) is 6.92. The Morgan fingerprint density at radius 2 is 1.79 bits per heavy atom. The van der Waals surface area contributed by atoms with Gasteiger partial charge in [0.05, 0.1) is 12.0 Å². The molecule has 1 aliphatic heterocycles. The number of sulfonamides is 1. The van der Waals surface area contributed by atoms with E-state index in [-0.39, 0.29) is 22.1 Å². The van der Waals surface area contributed by atoms with Gasteiger partial charge < -0.3 is 15.0 Å². The van der Waals surface area contributed by atoms with Gasteiger partial charge in [0.1, 0.15) is 5.75 Å². The monoisotopic (exact) mass is 411 g/mol. The molecular weight excluding hydrogens is 378 g/mol. The molecule has 0 atom stereocenters. The van der Waals surface area contributed by atoms with Crippen LogP contribution in [0.2, 0.25) is 0 Å². The van der Waals surface area contributed by atoms with Gasteiger partial charge in [-0.1, -0.05) is 13.8 Å². The zero-order valence-corrected chi connectivity index (χ0v) is 18.4. The molecule has 1 N–H and O–H groups in total. The van der Waals surface area contributed by atoms with E-state index in [1.165, 1.54) is 4.31 Å². The van der Waals surface area contributed by atoms with Crippen LogP contribution in [0, 0.1) is 11.3 Å². The Morgan fingerprint density at radius 3 is 2.29 bits per heavy atom. The van der Waals surface area contributed by atoms with Crippen molar-refractivity contribution in [2.75, 3.05) is 47.4 Å². The normalized spacial score (nSPS) is 16.9. The SMILES string of the molecule is COc1ccc(S(=O)(=O)N2CCC(C(=O)NCC(C)(C)CN(C)C)CC2)cc1. The van der Waals surface area contributed by atoms with Crippen LogP contribution in [0.25, 0.3) is 0 Å². The average Bonchev–Trinajstić information content (AvgIpc) is 2.65. The van der Waals surface area contributed by atoms with Gasteiger partial charge in [0.15, 0.2) is 0 Å². The van der Waals surface area contributed by atoms with E-state index in [2.05, 4.69) is 24.1 Å². The maximum Gasteiger partial charge on any atom is 0.243 e. The Morgan fingerprint density at radius 1 is 1.21 bits per heavy atom. The summed E-state index contributed by atoms with van der Waals surface area (Å²) in [5, 5.41) is 3.05. The van der Waals surface area contributed by atoms with Crippen molar-refractivity contribution in [1.29, 1.82) is 0 Å². The van der Waals surface area contributed by atoms with Gasteiger partial charge >= 0.3 is 0 Å². The van der Waals surface area contributed by atoms with E-state index >= 15 is 0 Å². The minimum absolute atomic E-state index is 0.0163. The molecule has 1 fully saturated rings. The highest BCUT2D eigenvalue weighted by Gasteiger charge is 2.32. The lowest BCUT2D eigenvalue weighted by Gasteiger charge is -2.32. The maximum atomic E-state index is 12.8. The van der Waals surface area contributed by atoms with Crippen molar-refractivity contribution < 1.29 is 17.9 Å². The molecule has 1 aromatic carbocycles. The van der Waals surface area contributed by atoms with Crippen LogP contribution in [-0.2, 0) is 14.8 Å². The number of hydrogen-bond acceptors (Lipinski definition) is 5. The maximum absolute atomic E-state index is 12.8. The lowest BCUT2D eigenvalue weighted by atomic mass is 9.91. The van der Waals surface area contributed by atoms with E-state index in [0.717, 1.165) is 6.54 Å². The second-order valence-electron chi connectivity index (χ2n) is 8.47. The highest BCUT2D eigenvalue weighted by molar-refractivity contribution is 7.89. The summed E-state index contributed by atoms with van der Waals surface area (Å²) in [7, 11) is 2.03. The molecule has 0 unspecified atom stereocenters. The minimum atomic E-state index is -3.54. The Hall–Kier alpha value is -1.64. The summed E-state index contributed by atoms with van der Waals surface area (Å²) in [4.78, 5) is 14.9. The number of nitrogens with zero attached hydrogens (tertiary/aromatic N) is 2. The summed E-state index contributed by atoms with van der Waals surface area (Å²) >= 11 is 0. The number of carbonyl (C=O) groups is 1. The van der Waals surface area contributed by atoms with Crippen molar-refractivity contribution >= 4 is 15.9 Å². The molecule has 0 radical (unpaired) electrons. The molecule has 1 heterocycles. The predicted octanol–water partition coefficient (Wildman–Crippen LogP) is 1.80. The van der Waals surface area contributed by atoms with Crippen molar-refractivity contribution in [3.8, 4) is 5.75 Å². The fourth-order valence-electron chi connectivity index (χ4n) is 3.64. The van der Waals surface area contributed by atoms with Gasteiger partial charge in [0, 0.05) is 32.1 Å². The first-order chi connectivity index (χ1) is 13.0. The molecule has 0 spiro atoms. The van der Waals surface area contributed by atoms with Crippen LogP contribution in [0.5, 0.6) is 5.75 Å². The Bertz CT molecular complexity index is 752. The lowest BCUT2D eigenvalue weighted by Crippen LogP contribution is -2.45. The highest BCUT2D eigenvalue weighted by Crippen LogP contribution is 2.25. The lowest BCUT2D eigenvalue weighted by molar-refractivity contribution is -0.126. The first-order valence-electron chi connectivity index (χ1n) is 9.62. The van der Waals surface area contributed by atoms with E-state index in [0.29, 0.717) is 38.2 Å². The van der Waals surface area contributed by atoms with Crippen LogP contribution in [0.4, 0.5) is 0 Å². The summed E-state index contributed by atoms with van der Waals surface area (Å²) in [6.07, 6.45) is 1.07. The standard InChI is InChI=1S/C20H33N3O4S/c1-20(2,15-22(3)4)14-21-19(24)16-10-12-23(13-11-16)28(25,26)18-8-6-17(27-5)7-9-18/h6-9,16H,10-15H2,1-5H3,(H,21,24). The molecule has 1 aromatic rings. The molecule has 8 heteroatoms. The van der Waals surface area contributed by atoms with Crippen molar-refractivity contribution in [2.24, 2.45) is 11.3 Å². The second kappa shape index (κ2) is 9.24. The summed E-state index contributed by atoms with van der Waals surface area (Å²) in [6.45, 7) is 6.44. The van der Waals surface area contributed by atoms with Crippen LogP contribution in [0.1, 0.15) is 26.7 Å². The number of hydrogen-bond donors (Lipinski definition) is 1. The Labute approximate surface area is 169 Å². The predicted molar refractivity (Wildman–Crippen MR) is 110 cm³/mol. The molecule has 7 nitrogen and oxygen atoms in total. The van der Waals surface area contributed by atoms with Gasteiger partial charge in [-0.2, -0.15) is 4.31 Å². The fourth-order valence-corrected chi connectivity index (χ4v) is 5.11. The number of ether oxygens (including phenoxy) is 1. The van der Waals surface area contributed by atoms with Crippen molar-refractivity contribution in [3.05, 3.63) is 24.3 Å². The number of nitrogens with one attached hydrogen (secondary N) is 1. The van der Waals surface area contributed by atoms with E-state index in [1.54, 1.807) is 31.4 Å². The van der Waals surface area contributed by atoms with Gasteiger partial charge in [-0.15, -0.1) is 0 Å². The van der Waals surface area contributed by atoms with Gasteiger partial charge in [0.2, 0.25) is 15.9 Å². The molecule has 0 bridgehead atoms. The van der Waals surface area contributed by atoms with Gasteiger partial charge in [-0.25, -0.2) is 8.42 Å². The molecule has 0 aromatic heterocycles. The second-order valence-corrected chi connectivity index (χ2v) is 10.4. The summed E-state index contributed by atoms with van der Waals surface area (Å²) < 4.78 is 32.2. The number of rotatable bonds is 8. The molecular formula is C20H33N3O4S. The number of piperidine rings is 1. The number of amides is 1. The largest absolute Gasteiger partial charge is 0.497 e. The first kappa shape index (κ1) is 22.6. The van der Waals surface area contributed by atoms with E-state index < -0.39 is 10.0 Å². The van der Waals surface area contributed by atoms with E-state index in [4.69, 9.17) is 4.74 Å². The summed E-state index contributed by atoms with van der Waals surface area (Å²) in [5.41, 5.74) is -0.0163. The van der Waals surface area contributed by atoms with Crippen LogP contribution in [0.15, 0.2) is 29.2 Å². The summed E-state index contributed by atoms with van der Waals surface area (Å²) in [5.74, 6) is 0.498. The van der Waals surface area contributed by atoms with Gasteiger partial charge in [0.25, 0.3) is 0 Å². The fraction of sp³-hybridized carbons (Fsp3) is 0.650. The third kappa shape index (κ3) is 5.93. The number of carbonyl (C=O) groups excluding carboxylic acids is 1. The minimum Gasteiger partial charge on any atom is -0.497 e. The number of benzene rings is 1. The molecule has 28 heavy (non-hydrogen) atoms. The molecule has 0 aliphatic carbocycles. The number of methoxy groups -OCH3 is 1. The molecule has 2 rings (SSSR count). The van der Waals surface area contributed by atoms with Crippen molar-refractivity contribution in [3.63, 3.8) is 0 Å². The molecule has 1 aliphatic rings. The van der Waals surface area contributed by atoms with Crippen LogP contribution >= 0.6 is 0 Å². The van der Waals surface area contributed by atoms with Crippen LogP contribution in [0.3, 0.4) is 0 Å². The van der Waals surface area contributed by atoms with Crippen LogP contribution < -0.4 is 10.1 Å². The highest BCUT2D eigenvalue weighted by atomic mass is 32.2. The van der Waals surface area contributed by atoms with E-state index in [1.807, 2.05) is 14.1 Å². The molecule has 158 valence electrons. The quantitative estimate of drug-likeness (QED) is 0.706. The third-order valence-electron chi connectivity index (χ3n) is 5.01. The first-order valence-corrected chi connectivity index (χ1v) is 11.1. The van der Waals surface area contributed by atoms with Crippen molar-refractivity contribution in [2.45, 2.75) is 31.6 Å². The van der Waals surface area contributed by atoms with Crippen molar-refractivity contribution in [1.82, 2.24) is 14.5 Å². The van der Waals surface area contributed by atoms with Gasteiger partial charge in [-0.3, -0.25) is 4.79 Å².